The monoisotopic (exact) mass is 768 g/mol. The van der Waals surface area contributed by atoms with Crippen molar-refractivity contribution in [2.45, 2.75) is 200 Å². The lowest BCUT2D eigenvalue weighted by atomic mass is 9.93. The zero-order valence-corrected chi connectivity index (χ0v) is 35.8. The van der Waals surface area contributed by atoms with Crippen LogP contribution in [0, 0.1) is 5.92 Å². The van der Waals surface area contributed by atoms with E-state index in [4.69, 9.17) is 9.47 Å². The number of rotatable bonds is 38. The minimum absolute atomic E-state index is 0.0369. The molecule has 9 heteroatoms. The van der Waals surface area contributed by atoms with E-state index in [9.17, 15) is 14.4 Å². The number of unbranched alkanes of at least 4 members (excludes halogenated alkanes) is 19. The summed E-state index contributed by atoms with van der Waals surface area (Å²) in [6.45, 7) is 12.2. The van der Waals surface area contributed by atoms with Gasteiger partial charge in [-0.15, -0.1) is 0 Å². The first-order chi connectivity index (χ1) is 26.0. The fourth-order valence-electron chi connectivity index (χ4n) is 7.08. The van der Waals surface area contributed by atoms with Crippen molar-refractivity contribution in [2.24, 2.45) is 5.92 Å². The highest BCUT2D eigenvalue weighted by atomic mass is 32.2. The summed E-state index contributed by atoms with van der Waals surface area (Å²) < 4.78 is 11.0. The summed E-state index contributed by atoms with van der Waals surface area (Å²) in [6.07, 6.45) is 30.9. The van der Waals surface area contributed by atoms with E-state index in [1.165, 1.54) is 109 Å². The molecule has 312 valence electrons. The fraction of sp³-hybridized carbons (Fsp3) is 0.932. The van der Waals surface area contributed by atoms with Gasteiger partial charge in [-0.25, -0.2) is 0 Å². The number of thioether (sulfide) groups is 1. The lowest BCUT2D eigenvalue weighted by Crippen LogP contribution is -2.49. The van der Waals surface area contributed by atoms with Crippen LogP contribution < -0.4 is 10.6 Å². The number of hydrogen-bond donors (Lipinski definition) is 2. The maximum atomic E-state index is 13.7. The predicted octanol–water partition coefficient (Wildman–Crippen LogP) is 10.4. The molecule has 1 aliphatic heterocycles. The van der Waals surface area contributed by atoms with Crippen LogP contribution in [0.15, 0.2) is 0 Å². The van der Waals surface area contributed by atoms with Gasteiger partial charge in [0.1, 0.15) is 6.04 Å². The lowest BCUT2D eigenvalue weighted by Gasteiger charge is -2.26. The zero-order chi connectivity index (χ0) is 38.5. The molecule has 1 fully saturated rings. The molecular formula is C44H85N3O5S. The van der Waals surface area contributed by atoms with Gasteiger partial charge in [-0.3, -0.25) is 19.3 Å². The van der Waals surface area contributed by atoms with Crippen LogP contribution in [0.2, 0.25) is 0 Å². The molecule has 1 rings (SSSR count). The van der Waals surface area contributed by atoms with E-state index in [-0.39, 0.29) is 23.7 Å². The number of carbonyl (C=O) groups excluding carboxylic acids is 3. The zero-order valence-electron chi connectivity index (χ0n) is 35.0. The minimum Gasteiger partial charge on any atom is -0.466 e. The number of amides is 2. The van der Waals surface area contributed by atoms with Crippen molar-refractivity contribution in [1.29, 1.82) is 0 Å². The van der Waals surface area contributed by atoms with Crippen LogP contribution in [0.4, 0.5) is 0 Å². The van der Waals surface area contributed by atoms with Gasteiger partial charge in [-0.05, 0) is 44.4 Å². The minimum atomic E-state index is -0.557. The number of esters is 1. The smallest absolute Gasteiger partial charge is 0.306 e. The number of hydrogen-bond acceptors (Lipinski definition) is 7. The highest BCUT2D eigenvalue weighted by Gasteiger charge is 2.25. The van der Waals surface area contributed by atoms with Crippen LogP contribution >= 0.6 is 11.8 Å². The summed E-state index contributed by atoms with van der Waals surface area (Å²) in [5.41, 5.74) is 0. The first-order valence-corrected chi connectivity index (χ1v) is 23.8. The SMILES string of the molecule is CCCCCCCCCCCCCCOC(=O)CCSCCC(NC(=O)C(CCCCCC)CCCCCCCC)C(=O)NCCCN1CCOCC1. The first-order valence-electron chi connectivity index (χ1n) is 22.6. The summed E-state index contributed by atoms with van der Waals surface area (Å²) in [5, 5.41) is 6.31. The van der Waals surface area contributed by atoms with Crippen molar-refractivity contribution in [2.75, 3.05) is 57.5 Å². The summed E-state index contributed by atoms with van der Waals surface area (Å²) >= 11 is 1.66. The molecule has 0 spiro atoms. The molecule has 1 heterocycles. The molecule has 8 nitrogen and oxygen atoms in total. The van der Waals surface area contributed by atoms with Crippen LogP contribution in [0.1, 0.15) is 194 Å². The van der Waals surface area contributed by atoms with E-state index in [0.29, 0.717) is 37.5 Å². The third kappa shape index (κ3) is 30.6. The van der Waals surface area contributed by atoms with E-state index < -0.39 is 6.04 Å². The Bertz CT molecular complexity index is 857. The molecule has 2 atom stereocenters. The molecule has 1 aliphatic rings. The van der Waals surface area contributed by atoms with Crippen LogP contribution in [0.3, 0.4) is 0 Å². The van der Waals surface area contributed by atoms with Gasteiger partial charge in [-0.1, -0.05) is 156 Å². The summed E-state index contributed by atoms with van der Waals surface area (Å²) in [5.74, 6) is 1.14. The molecule has 0 aliphatic carbocycles. The Balaban J connectivity index is 2.45. The average molecular weight is 768 g/mol. The van der Waals surface area contributed by atoms with E-state index in [1.807, 2.05) is 0 Å². The van der Waals surface area contributed by atoms with Gasteiger partial charge in [0.25, 0.3) is 0 Å². The second kappa shape index (κ2) is 37.6. The predicted molar refractivity (Wildman–Crippen MR) is 226 cm³/mol. The Morgan fingerprint density at radius 3 is 1.70 bits per heavy atom. The largest absolute Gasteiger partial charge is 0.466 e. The van der Waals surface area contributed by atoms with Crippen molar-refractivity contribution in [3.8, 4) is 0 Å². The topological polar surface area (TPSA) is 97.0 Å². The highest BCUT2D eigenvalue weighted by molar-refractivity contribution is 7.99. The third-order valence-electron chi connectivity index (χ3n) is 10.6. The Hall–Kier alpha value is -1.32. The van der Waals surface area contributed by atoms with Crippen LogP contribution in [-0.4, -0.2) is 86.2 Å². The molecular weight excluding hydrogens is 683 g/mol. The van der Waals surface area contributed by atoms with Crippen molar-refractivity contribution in [1.82, 2.24) is 15.5 Å². The van der Waals surface area contributed by atoms with Gasteiger partial charge < -0.3 is 20.1 Å². The number of carbonyl (C=O) groups is 3. The Labute approximate surface area is 331 Å². The molecule has 53 heavy (non-hydrogen) atoms. The number of morpholine rings is 1. The van der Waals surface area contributed by atoms with Gasteiger partial charge in [0, 0.05) is 31.3 Å². The van der Waals surface area contributed by atoms with Crippen LogP contribution in [-0.2, 0) is 23.9 Å². The molecule has 2 N–H and O–H groups in total. The second-order valence-corrected chi connectivity index (χ2v) is 16.7. The van der Waals surface area contributed by atoms with Crippen LogP contribution in [0.5, 0.6) is 0 Å². The number of nitrogens with one attached hydrogen (secondary N) is 2. The number of ether oxygens (including phenoxy) is 2. The van der Waals surface area contributed by atoms with E-state index in [0.717, 1.165) is 84.2 Å². The summed E-state index contributed by atoms with van der Waals surface area (Å²) in [4.78, 5) is 41.9. The van der Waals surface area contributed by atoms with Gasteiger partial charge in [0.2, 0.25) is 11.8 Å². The van der Waals surface area contributed by atoms with Gasteiger partial charge in [-0.2, -0.15) is 11.8 Å². The molecule has 0 aromatic carbocycles. The fourth-order valence-corrected chi connectivity index (χ4v) is 7.99. The summed E-state index contributed by atoms with van der Waals surface area (Å²) in [7, 11) is 0. The Kier molecular flexibility index (Phi) is 35.3. The molecule has 1 saturated heterocycles. The van der Waals surface area contributed by atoms with Gasteiger partial charge in [0.05, 0.1) is 26.2 Å². The molecule has 0 radical (unpaired) electrons. The van der Waals surface area contributed by atoms with Gasteiger partial charge >= 0.3 is 5.97 Å². The van der Waals surface area contributed by atoms with Gasteiger partial charge in [0.15, 0.2) is 0 Å². The molecule has 0 aromatic heterocycles. The van der Waals surface area contributed by atoms with E-state index in [1.54, 1.807) is 11.8 Å². The van der Waals surface area contributed by atoms with E-state index in [2.05, 4.69) is 36.3 Å². The molecule has 2 unspecified atom stereocenters. The molecule has 2 amide bonds. The van der Waals surface area contributed by atoms with Crippen LogP contribution in [0.25, 0.3) is 0 Å². The highest BCUT2D eigenvalue weighted by Crippen LogP contribution is 2.20. The van der Waals surface area contributed by atoms with Crippen molar-refractivity contribution < 1.29 is 23.9 Å². The second-order valence-electron chi connectivity index (χ2n) is 15.5. The third-order valence-corrected chi connectivity index (χ3v) is 11.6. The standard InChI is InChI=1S/C44H85N3O5S/c1-4-7-10-13-15-16-17-18-19-20-22-25-35-52-42(48)30-39-53-38-29-41(44(50)45-31-26-32-47-33-36-51-37-34-47)46-43(49)40(27-23-12-9-6-3)28-24-21-14-11-8-5-2/h40-41H,4-39H2,1-3H3,(H,45,50)(H,46,49). The molecule has 0 saturated carbocycles. The molecule has 0 bridgehead atoms. The first kappa shape index (κ1) is 49.7. The van der Waals surface area contributed by atoms with Crippen molar-refractivity contribution >= 4 is 29.5 Å². The van der Waals surface area contributed by atoms with Crippen molar-refractivity contribution in [3.05, 3.63) is 0 Å². The maximum Gasteiger partial charge on any atom is 0.306 e. The van der Waals surface area contributed by atoms with Crippen molar-refractivity contribution in [3.63, 3.8) is 0 Å². The quantitative estimate of drug-likeness (QED) is 0.0477. The summed E-state index contributed by atoms with van der Waals surface area (Å²) in [6, 6.07) is -0.557. The lowest BCUT2D eigenvalue weighted by molar-refractivity contribution is -0.143. The average Bonchev–Trinajstić information content (AvgIpc) is 3.17. The maximum absolute atomic E-state index is 13.7. The Morgan fingerprint density at radius 2 is 1.13 bits per heavy atom. The number of nitrogens with zero attached hydrogens (tertiary/aromatic N) is 1. The normalized spacial score (nSPS) is 14.5. The van der Waals surface area contributed by atoms with E-state index >= 15 is 0 Å². The molecule has 0 aromatic rings. The Morgan fingerprint density at radius 1 is 0.623 bits per heavy atom.